The summed E-state index contributed by atoms with van der Waals surface area (Å²) >= 11 is 6.21. The maximum Gasteiger partial charge on any atom is 0.236 e. The predicted octanol–water partition coefficient (Wildman–Crippen LogP) is 3.35. The molecule has 0 unspecified atom stereocenters. The summed E-state index contributed by atoms with van der Waals surface area (Å²) in [6.45, 7) is 0.565. The normalized spacial score (nSPS) is 9.86. The van der Waals surface area contributed by atoms with Gasteiger partial charge in [-0.05, 0) is 23.3 Å². The van der Waals surface area contributed by atoms with Crippen molar-refractivity contribution in [2.24, 2.45) is 5.73 Å². The average Bonchev–Trinajstić information content (AvgIpc) is 2.47. The zero-order valence-corrected chi connectivity index (χ0v) is 13.3. The number of halogens is 2. The third kappa shape index (κ3) is 4.46. The van der Waals surface area contributed by atoms with E-state index in [1.54, 1.807) is 11.9 Å². The van der Waals surface area contributed by atoms with Crippen LogP contribution in [0.1, 0.15) is 5.56 Å². The third-order valence-corrected chi connectivity index (χ3v) is 3.46. The number of benzene rings is 2. The van der Waals surface area contributed by atoms with Gasteiger partial charge < -0.3 is 10.6 Å². The Morgan fingerprint density at radius 2 is 1.90 bits per heavy atom. The first-order valence-corrected chi connectivity index (χ1v) is 6.77. The Kier molecular flexibility index (Phi) is 6.69. The van der Waals surface area contributed by atoms with Gasteiger partial charge in [0.2, 0.25) is 5.91 Å². The monoisotopic (exact) mass is 324 g/mol. The van der Waals surface area contributed by atoms with Crippen molar-refractivity contribution in [3.8, 4) is 11.1 Å². The molecule has 0 aliphatic carbocycles. The zero-order valence-electron chi connectivity index (χ0n) is 11.8. The average molecular weight is 325 g/mol. The fourth-order valence-corrected chi connectivity index (χ4v) is 2.30. The summed E-state index contributed by atoms with van der Waals surface area (Å²) in [6.07, 6.45) is 0. The Hall–Kier alpha value is -1.55. The molecule has 21 heavy (non-hydrogen) atoms. The van der Waals surface area contributed by atoms with Crippen LogP contribution in [-0.4, -0.2) is 24.4 Å². The molecule has 0 aliphatic rings. The molecule has 0 radical (unpaired) electrons. The second-order valence-corrected chi connectivity index (χ2v) is 5.04. The van der Waals surface area contributed by atoms with Crippen molar-refractivity contribution in [3.63, 3.8) is 0 Å². The van der Waals surface area contributed by atoms with Crippen LogP contribution in [0.4, 0.5) is 0 Å². The molecule has 0 fully saturated rings. The van der Waals surface area contributed by atoms with Crippen molar-refractivity contribution in [2.75, 3.05) is 13.6 Å². The van der Waals surface area contributed by atoms with Gasteiger partial charge in [-0.15, -0.1) is 12.4 Å². The van der Waals surface area contributed by atoms with E-state index in [0.717, 1.165) is 21.7 Å². The first-order valence-electron chi connectivity index (χ1n) is 6.39. The first kappa shape index (κ1) is 17.5. The Morgan fingerprint density at radius 1 is 1.19 bits per heavy atom. The van der Waals surface area contributed by atoms with Crippen LogP contribution in [0.2, 0.25) is 5.02 Å². The van der Waals surface area contributed by atoms with E-state index in [4.69, 9.17) is 17.3 Å². The fraction of sp³-hybridized carbons (Fsp3) is 0.188. The molecule has 0 saturated heterocycles. The summed E-state index contributed by atoms with van der Waals surface area (Å²) in [7, 11) is 1.75. The summed E-state index contributed by atoms with van der Waals surface area (Å²) in [5.74, 6) is -0.0758. The minimum atomic E-state index is -0.0758. The summed E-state index contributed by atoms with van der Waals surface area (Å²) in [4.78, 5) is 13.1. The minimum Gasteiger partial charge on any atom is -0.340 e. The van der Waals surface area contributed by atoms with Crippen LogP contribution < -0.4 is 5.73 Å². The molecule has 0 saturated carbocycles. The van der Waals surface area contributed by atoms with E-state index < -0.39 is 0 Å². The number of carbonyl (C=O) groups is 1. The van der Waals surface area contributed by atoms with Crippen LogP contribution in [0.5, 0.6) is 0 Å². The molecular weight excluding hydrogens is 307 g/mol. The number of rotatable bonds is 4. The number of hydrogen-bond donors (Lipinski definition) is 1. The lowest BCUT2D eigenvalue weighted by Crippen LogP contribution is -2.32. The second-order valence-electron chi connectivity index (χ2n) is 4.63. The van der Waals surface area contributed by atoms with Gasteiger partial charge in [-0.1, -0.05) is 48.0 Å². The maximum absolute atomic E-state index is 11.5. The largest absolute Gasteiger partial charge is 0.340 e. The lowest BCUT2D eigenvalue weighted by molar-refractivity contribution is -0.128. The summed E-state index contributed by atoms with van der Waals surface area (Å²) in [6, 6.07) is 15.7. The van der Waals surface area contributed by atoms with Gasteiger partial charge in [0.1, 0.15) is 0 Å². The predicted molar refractivity (Wildman–Crippen MR) is 89.7 cm³/mol. The standard InChI is InChI=1S/C16H17ClN2O.ClH/c1-19(16(20)10-18)11-12-5-4-6-13(9-12)14-7-2-3-8-15(14)17;/h2-9H,10-11,18H2,1H3;1H. The van der Waals surface area contributed by atoms with Crippen molar-refractivity contribution < 1.29 is 4.79 Å². The minimum absolute atomic E-state index is 0. The van der Waals surface area contributed by atoms with Gasteiger partial charge in [0.25, 0.3) is 0 Å². The van der Waals surface area contributed by atoms with Gasteiger partial charge in [0.15, 0.2) is 0 Å². The van der Waals surface area contributed by atoms with Crippen molar-refractivity contribution in [1.29, 1.82) is 0 Å². The molecule has 0 bridgehead atoms. The lowest BCUT2D eigenvalue weighted by atomic mass is 10.0. The zero-order chi connectivity index (χ0) is 14.5. The SMILES string of the molecule is CN(Cc1cccc(-c2ccccc2Cl)c1)C(=O)CN.Cl. The van der Waals surface area contributed by atoms with E-state index in [2.05, 4.69) is 0 Å². The molecule has 112 valence electrons. The highest BCUT2D eigenvalue weighted by Gasteiger charge is 2.08. The molecular formula is C16H18Cl2N2O. The molecule has 3 nitrogen and oxygen atoms in total. The van der Waals surface area contributed by atoms with Gasteiger partial charge in [0, 0.05) is 24.2 Å². The van der Waals surface area contributed by atoms with Gasteiger partial charge in [-0.3, -0.25) is 4.79 Å². The van der Waals surface area contributed by atoms with Crippen LogP contribution >= 0.6 is 24.0 Å². The highest BCUT2D eigenvalue weighted by atomic mass is 35.5. The van der Waals surface area contributed by atoms with E-state index in [-0.39, 0.29) is 24.9 Å². The molecule has 5 heteroatoms. The van der Waals surface area contributed by atoms with Crippen LogP contribution in [0.15, 0.2) is 48.5 Å². The molecule has 0 aromatic heterocycles. The first-order chi connectivity index (χ1) is 9.61. The molecule has 0 aliphatic heterocycles. The van der Waals surface area contributed by atoms with Crippen LogP contribution in [0.3, 0.4) is 0 Å². The lowest BCUT2D eigenvalue weighted by Gasteiger charge is -2.16. The molecule has 0 heterocycles. The molecule has 1 amide bonds. The van der Waals surface area contributed by atoms with Crippen LogP contribution in [0, 0.1) is 0 Å². The van der Waals surface area contributed by atoms with Gasteiger partial charge in [-0.2, -0.15) is 0 Å². The summed E-state index contributed by atoms with van der Waals surface area (Å²) in [5.41, 5.74) is 8.44. The topological polar surface area (TPSA) is 46.3 Å². The molecule has 2 aromatic carbocycles. The van der Waals surface area contributed by atoms with Gasteiger partial charge >= 0.3 is 0 Å². The summed E-state index contributed by atoms with van der Waals surface area (Å²) in [5, 5.41) is 0.719. The number of carbonyl (C=O) groups excluding carboxylic acids is 1. The summed E-state index contributed by atoms with van der Waals surface area (Å²) < 4.78 is 0. The number of amides is 1. The van der Waals surface area contributed by atoms with E-state index in [9.17, 15) is 4.79 Å². The number of nitrogens with two attached hydrogens (primary N) is 1. The Morgan fingerprint density at radius 3 is 2.57 bits per heavy atom. The number of nitrogens with zero attached hydrogens (tertiary/aromatic N) is 1. The molecule has 2 rings (SSSR count). The number of hydrogen-bond acceptors (Lipinski definition) is 2. The van der Waals surface area contributed by atoms with Crippen molar-refractivity contribution >= 4 is 29.9 Å². The Bertz CT molecular complexity index is 617. The van der Waals surface area contributed by atoms with Crippen LogP contribution in [0.25, 0.3) is 11.1 Å². The van der Waals surface area contributed by atoms with Gasteiger partial charge in [0.05, 0.1) is 6.54 Å². The maximum atomic E-state index is 11.5. The highest BCUT2D eigenvalue weighted by molar-refractivity contribution is 6.33. The van der Waals surface area contributed by atoms with Crippen molar-refractivity contribution in [1.82, 2.24) is 4.90 Å². The van der Waals surface area contributed by atoms with Crippen molar-refractivity contribution in [3.05, 3.63) is 59.1 Å². The highest BCUT2D eigenvalue weighted by Crippen LogP contribution is 2.28. The molecule has 2 N–H and O–H groups in total. The van der Waals surface area contributed by atoms with E-state index in [0.29, 0.717) is 6.54 Å². The van der Waals surface area contributed by atoms with Gasteiger partial charge in [-0.25, -0.2) is 0 Å². The Balaban J connectivity index is 0.00000220. The van der Waals surface area contributed by atoms with E-state index in [1.165, 1.54) is 0 Å². The molecule has 2 aromatic rings. The third-order valence-electron chi connectivity index (χ3n) is 3.13. The van der Waals surface area contributed by atoms with E-state index in [1.807, 2.05) is 48.5 Å². The van der Waals surface area contributed by atoms with Crippen molar-refractivity contribution in [2.45, 2.75) is 6.54 Å². The van der Waals surface area contributed by atoms with Crippen LogP contribution in [-0.2, 0) is 11.3 Å². The fourth-order valence-electron chi connectivity index (χ4n) is 2.05. The number of likely N-dealkylation sites (N-methyl/N-ethyl adjacent to an activating group) is 1. The Labute approximate surface area is 136 Å². The van der Waals surface area contributed by atoms with E-state index >= 15 is 0 Å². The molecule has 0 spiro atoms. The second kappa shape index (κ2) is 8.03. The molecule has 0 atom stereocenters. The smallest absolute Gasteiger partial charge is 0.236 e. The quantitative estimate of drug-likeness (QED) is 0.937.